The molecule has 0 spiro atoms. The molecule has 4 amide bonds. The molecule has 14 nitrogen and oxygen atoms in total. The number of nitrogens with zero attached hydrogens (tertiary/aromatic N) is 6. The van der Waals surface area contributed by atoms with Gasteiger partial charge in [0, 0.05) is 120 Å². The Morgan fingerprint density at radius 3 is 1.84 bits per heavy atom. The fraction of sp³-hybridized carbons (Fsp3) is 0.425. The first-order valence-electron chi connectivity index (χ1n) is 18.9. The molecule has 0 saturated carbocycles. The van der Waals surface area contributed by atoms with E-state index in [9.17, 15) is 19.5 Å². The molecule has 4 atom stereocenters. The average Bonchev–Trinajstić information content (AvgIpc) is 3.75. The summed E-state index contributed by atoms with van der Waals surface area (Å²) in [5.41, 5.74) is 3.74. The van der Waals surface area contributed by atoms with Crippen molar-refractivity contribution in [3.8, 4) is 0 Å². The summed E-state index contributed by atoms with van der Waals surface area (Å²) in [5.74, 6) is 0.606. The average molecular weight is 897 g/mol. The quantitative estimate of drug-likeness (QED) is 0.0548. The van der Waals surface area contributed by atoms with Gasteiger partial charge in [-0.25, -0.2) is 4.79 Å². The summed E-state index contributed by atoms with van der Waals surface area (Å²) in [6, 6.07) is 21.1. The number of urea groups is 1. The molecule has 6 heterocycles. The Morgan fingerprint density at radius 2 is 1.32 bits per heavy atom. The van der Waals surface area contributed by atoms with Crippen molar-refractivity contribution in [3.05, 3.63) is 120 Å². The first-order chi connectivity index (χ1) is 26.9. The van der Waals surface area contributed by atoms with Crippen LogP contribution in [0, 0.1) is 0 Å². The Balaban J connectivity index is 0.00000360. The van der Waals surface area contributed by atoms with E-state index in [1.54, 1.807) is 30.7 Å². The summed E-state index contributed by atoms with van der Waals surface area (Å²) in [6.07, 6.45) is 8.93. The normalized spacial score (nSPS) is 17.5. The summed E-state index contributed by atoms with van der Waals surface area (Å²) in [7, 11) is 0. The predicted molar refractivity (Wildman–Crippen MR) is 208 cm³/mol. The zero-order valence-corrected chi connectivity index (χ0v) is 39.1. The van der Waals surface area contributed by atoms with E-state index in [4.69, 9.17) is 0 Å². The van der Waals surface area contributed by atoms with E-state index in [1.807, 2.05) is 71.3 Å². The van der Waals surface area contributed by atoms with Gasteiger partial charge in [0.2, 0.25) is 5.91 Å². The maximum Gasteiger partial charge on any atom is 0.315 e. The molecule has 2 aliphatic heterocycles. The number of unbranched alkanes of at least 4 members (excludes halogenated alkanes) is 1. The van der Waals surface area contributed by atoms with E-state index >= 15 is 0 Å². The first-order valence-corrected chi connectivity index (χ1v) is 19.9. The van der Waals surface area contributed by atoms with Crippen LogP contribution in [0.3, 0.4) is 0 Å². The number of pyridine rings is 4. The molecule has 0 aliphatic carbocycles. The van der Waals surface area contributed by atoms with Crippen LogP contribution in [0.5, 0.6) is 0 Å². The zero-order valence-electron chi connectivity index (χ0n) is 32.3. The van der Waals surface area contributed by atoms with Crippen LogP contribution in [0.25, 0.3) is 0 Å². The molecule has 4 aromatic heterocycles. The molecule has 17 heteroatoms. The van der Waals surface area contributed by atoms with Crippen molar-refractivity contribution in [3.63, 3.8) is 0 Å². The number of amides is 4. The summed E-state index contributed by atoms with van der Waals surface area (Å²) >= 11 is 1.88. The van der Waals surface area contributed by atoms with Gasteiger partial charge in [0.05, 0.1) is 40.4 Å². The van der Waals surface area contributed by atoms with Gasteiger partial charge >= 0.3 is 6.03 Å². The maximum atomic E-state index is 13.7. The Kier molecular flexibility index (Phi) is 19.6. The number of thioether (sulfide) groups is 1. The van der Waals surface area contributed by atoms with E-state index in [1.165, 1.54) is 6.20 Å². The van der Waals surface area contributed by atoms with Crippen molar-refractivity contribution < 1.29 is 58.4 Å². The monoisotopic (exact) mass is 893 g/mol. The molecule has 4 N–H and O–H groups in total. The van der Waals surface area contributed by atoms with E-state index in [-0.39, 0.29) is 75.4 Å². The van der Waals surface area contributed by atoms with Crippen molar-refractivity contribution in [2.75, 3.05) is 31.9 Å². The third-order valence-corrected chi connectivity index (χ3v) is 11.1. The number of carbonyl (C=O) groups excluding carboxylic acids is 3. The first kappa shape index (κ1) is 46.0. The second-order valence-electron chi connectivity index (χ2n) is 13.9. The van der Waals surface area contributed by atoms with Crippen LogP contribution in [0.4, 0.5) is 4.79 Å². The standard InChI is InChI=1S/C40H49N10O4S.2Zn/c51-34(26-49(22-30-9-3-6-16-41-30)23-31-10-4-7-17-42-31)27-50(24-32-11-5-8-18-43-32)25-33-15-14-29(21-46-33)39(53)45-20-19-44-37(52)13-2-1-12-36-38-35(28-55-36)47-40(54)48-38;;/h3-11,14-18,21,34-36,38H,1-2,12-13,19-20,22-28H2,(H,44,52)(H,45,53)(H2,47,48,54);;/q-1;;/t34?,35-,36-,38-;;/m0../s1. The van der Waals surface area contributed by atoms with Crippen molar-refractivity contribution in [1.29, 1.82) is 0 Å². The van der Waals surface area contributed by atoms with Crippen LogP contribution < -0.4 is 26.4 Å². The number of nitrogens with one attached hydrogen (secondary N) is 4. The number of fused-ring (bicyclic) bond motifs is 1. The molecule has 294 valence electrons. The number of hydrogen-bond acceptors (Lipinski definition) is 11. The van der Waals surface area contributed by atoms with Crippen LogP contribution in [-0.2, 0) is 69.9 Å². The van der Waals surface area contributed by atoms with Crippen molar-refractivity contribution in [2.45, 2.75) is 75.3 Å². The van der Waals surface area contributed by atoms with E-state index < -0.39 is 6.10 Å². The molecule has 0 radical (unpaired) electrons. The number of hydrogen-bond donors (Lipinski definition) is 4. The molecule has 57 heavy (non-hydrogen) atoms. The number of aromatic nitrogens is 4. The Labute approximate surface area is 364 Å². The maximum absolute atomic E-state index is 13.7. The molecule has 2 saturated heterocycles. The minimum atomic E-state index is -0.944. The second kappa shape index (κ2) is 24.3. The van der Waals surface area contributed by atoms with E-state index in [2.05, 4.69) is 46.1 Å². The van der Waals surface area contributed by atoms with Gasteiger partial charge in [-0.3, -0.25) is 39.3 Å². The minimum Gasteiger partial charge on any atom is -0.850 e. The molecular formula is C40H49N10O4SZn2-. The number of carbonyl (C=O) groups is 3. The predicted octanol–water partition coefficient (Wildman–Crippen LogP) is 2.27. The van der Waals surface area contributed by atoms with Gasteiger partial charge in [-0.1, -0.05) is 24.6 Å². The van der Waals surface area contributed by atoms with Gasteiger partial charge in [0.15, 0.2) is 0 Å². The Bertz CT molecular complexity index is 1760. The molecule has 0 bridgehead atoms. The van der Waals surface area contributed by atoms with E-state index in [0.717, 1.165) is 47.8 Å². The third kappa shape index (κ3) is 15.2. The SMILES string of the molecule is O=C(CCCC[C@@H]1SC[C@@H]2NC(=O)N[C@@H]21)NCCNC(=O)c1ccc(CN(Cc2ccccn2)CC([O-])CN(Cc2ccccn2)Cc2ccccn2)nc1.[Zn].[Zn]. The third-order valence-electron chi connectivity index (χ3n) is 9.54. The molecule has 2 aliphatic rings. The molecule has 6 rings (SSSR count). The van der Waals surface area contributed by atoms with Gasteiger partial charge in [-0.15, -0.1) is 6.10 Å². The Hall–Kier alpha value is -3.71. The van der Waals surface area contributed by atoms with Crippen LogP contribution >= 0.6 is 11.8 Å². The summed E-state index contributed by atoms with van der Waals surface area (Å²) in [5, 5.41) is 25.8. The minimum absolute atomic E-state index is 0. The molecule has 1 unspecified atom stereocenters. The fourth-order valence-corrected chi connectivity index (χ4v) is 8.43. The molecular weight excluding hydrogens is 847 g/mol. The second-order valence-corrected chi connectivity index (χ2v) is 15.2. The number of rotatable bonds is 21. The zero-order chi connectivity index (χ0) is 38.2. The van der Waals surface area contributed by atoms with Crippen LogP contribution in [0.1, 0.15) is 58.8 Å². The van der Waals surface area contributed by atoms with Crippen molar-refractivity contribution in [1.82, 2.24) is 51.0 Å². The van der Waals surface area contributed by atoms with Gasteiger partial charge in [0.1, 0.15) is 0 Å². The summed E-state index contributed by atoms with van der Waals surface area (Å²) in [6.45, 7) is 3.08. The molecule has 4 aromatic rings. The van der Waals surface area contributed by atoms with Gasteiger partial charge in [-0.05, 0) is 74.5 Å². The topological polar surface area (TPSA) is 180 Å². The van der Waals surface area contributed by atoms with Crippen molar-refractivity contribution in [2.24, 2.45) is 0 Å². The largest absolute Gasteiger partial charge is 0.850 e. The van der Waals surface area contributed by atoms with Gasteiger partial charge < -0.3 is 26.4 Å². The van der Waals surface area contributed by atoms with Gasteiger partial charge in [0.25, 0.3) is 5.91 Å². The fourth-order valence-electron chi connectivity index (χ4n) is 6.89. The molecule has 2 fully saturated rings. The van der Waals surface area contributed by atoms with Crippen LogP contribution in [0.2, 0.25) is 0 Å². The summed E-state index contributed by atoms with van der Waals surface area (Å²) < 4.78 is 0. The van der Waals surface area contributed by atoms with Crippen LogP contribution in [-0.4, -0.2) is 103 Å². The van der Waals surface area contributed by atoms with Crippen molar-refractivity contribution >= 4 is 29.6 Å². The van der Waals surface area contributed by atoms with Crippen LogP contribution in [0.15, 0.2) is 91.5 Å². The summed E-state index contributed by atoms with van der Waals surface area (Å²) in [4.78, 5) is 58.9. The van der Waals surface area contributed by atoms with E-state index in [0.29, 0.717) is 63.0 Å². The smallest absolute Gasteiger partial charge is 0.315 e. The van der Waals surface area contributed by atoms with Gasteiger partial charge in [-0.2, -0.15) is 11.8 Å². The molecule has 0 aromatic carbocycles. The Morgan fingerprint density at radius 1 is 0.754 bits per heavy atom.